The van der Waals surface area contributed by atoms with Crippen LogP contribution in [0, 0.1) is 19.7 Å². The molecule has 3 nitrogen and oxygen atoms in total. The number of nitrogens with two attached hydrogens (primary N) is 1. The average Bonchev–Trinajstić information content (AvgIpc) is 2.75. The van der Waals surface area contributed by atoms with Crippen LogP contribution >= 0.6 is 11.3 Å². The van der Waals surface area contributed by atoms with E-state index in [2.05, 4.69) is 10.4 Å². The normalized spacial score (nSPS) is 12.7. The lowest BCUT2D eigenvalue weighted by Crippen LogP contribution is -2.29. The Bertz CT molecular complexity index is 539. The number of benzene rings is 1. The SMILES string of the molecule is Cc1cc(F)ccc1CC(NN)c1scnc1C. The molecule has 0 amide bonds. The van der Waals surface area contributed by atoms with Crippen molar-refractivity contribution >= 4 is 11.3 Å². The number of hydrogen-bond acceptors (Lipinski definition) is 4. The summed E-state index contributed by atoms with van der Waals surface area (Å²) in [5.41, 5.74) is 7.64. The Kier molecular flexibility index (Phi) is 4.06. The molecule has 0 aliphatic rings. The summed E-state index contributed by atoms with van der Waals surface area (Å²) in [5, 5.41) is 0. The van der Waals surface area contributed by atoms with E-state index in [1.165, 1.54) is 6.07 Å². The van der Waals surface area contributed by atoms with E-state index in [4.69, 9.17) is 5.84 Å². The minimum absolute atomic E-state index is 0.0154. The predicted octanol–water partition coefficient (Wildman–Crippen LogP) is 2.65. The molecule has 0 saturated carbocycles. The minimum atomic E-state index is -0.206. The lowest BCUT2D eigenvalue weighted by molar-refractivity contribution is 0.554. The van der Waals surface area contributed by atoms with Crippen molar-refractivity contribution in [3.05, 3.63) is 51.2 Å². The van der Waals surface area contributed by atoms with Gasteiger partial charge in [0.1, 0.15) is 5.82 Å². The average molecular weight is 265 g/mol. The fourth-order valence-corrected chi connectivity index (χ4v) is 2.84. The third-order valence-corrected chi connectivity index (χ3v) is 4.07. The Balaban J connectivity index is 2.23. The van der Waals surface area contributed by atoms with Gasteiger partial charge in [0.05, 0.1) is 17.2 Å². The maximum absolute atomic E-state index is 13.1. The number of rotatable bonds is 4. The third-order valence-electron chi connectivity index (χ3n) is 3.03. The van der Waals surface area contributed by atoms with Gasteiger partial charge >= 0.3 is 0 Å². The second kappa shape index (κ2) is 5.56. The largest absolute Gasteiger partial charge is 0.271 e. The lowest BCUT2D eigenvalue weighted by Gasteiger charge is -2.16. The van der Waals surface area contributed by atoms with E-state index in [0.717, 1.165) is 28.1 Å². The van der Waals surface area contributed by atoms with Crippen molar-refractivity contribution in [2.75, 3.05) is 0 Å². The molecule has 0 fully saturated rings. The van der Waals surface area contributed by atoms with E-state index >= 15 is 0 Å². The molecule has 1 unspecified atom stereocenters. The van der Waals surface area contributed by atoms with Gasteiger partial charge in [0.2, 0.25) is 0 Å². The van der Waals surface area contributed by atoms with Crippen molar-refractivity contribution in [1.29, 1.82) is 0 Å². The van der Waals surface area contributed by atoms with Crippen molar-refractivity contribution in [1.82, 2.24) is 10.4 Å². The molecular weight excluding hydrogens is 249 g/mol. The summed E-state index contributed by atoms with van der Waals surface area (Å²) >= 11 is 1.58. The highest BCUT2D eigenvalue weighted by Gasteiger charge is 2.16. The van der Waals surface area contributed by atoms with Gasteiger partial charge in [-0.1, -0.05) is 6.07 Å². The van der Waals surface area contributed by atoms with E-state index in [1.807, 2.05) is 25.4 Å². The van der Waals surface area contributed by atoms with Crippen LogP contribution < -0.4 is 11.3 Å². The van der Waals surface area contributed by atoms with Crippen LogP contribution in [0.25, 0.3) is 0 Å². The molecular formula is C13H16FN3S. The molecule has 1 heterocycles. The van der Waals surface area contributed by atoms with Crippen molar-refractivity contribution in [2.24, 2.45) is 5.84 Å². The van der Waals surface area contributed by atoms with E-state index in [0.29, 0.717) is 0 Å². The molecule has 1 atom stereocenters. The first-order valence-electron chi connectivity index (χ1n) is 5.73. The van der Waals surface area contributed by atoms with Gasteiger partial charge in [0.15, 0.2) is 0 Å². The van der Waals surface area contributed by atoms with Crippen molar-refractivity contribution < 1.29 is 4.39 Å². The molecule has 0 aliphatic carbocycles. The summed E-state index contributed by atoms with van der Waals surface area (Å²) in [6, 6.07) is 4.85. The van der Waals surface area contributed by atoms with Crippen LogP contribution in [0.4, 0.5) is 4.39 Å². The van der Waals surface area contributed by atoms with Gasteiger partial charge < -0.3 is 0 Å². The molecule has 96 valence electrons. The van der Waals surface area contributed by atoms with E-state index < -0.39 is 0 Å². The second-order valence-electron chi connectivity index (χ2n) is 4.30. The number of halogens is 1. The van der Waals surface area contributed by atoms with E-state index in [-0.39, 0.29) is 11.9 Å². The second-order valence-corrected chi connectivity index (χ2v) is 5.18. The quantitative estimate of drug-likeness (QED) is 0.660. The molecule has 2 rings (SSSR count). The Morgan fingerprint density at radius 1 is 1.44 bits per heavy atom. The van der Waals surface area contributed by atoms with Gasteiger partial charge in [-0.15, -0.1) is 11.3 Å². The third kappa shape index (κ3) is 2.75. The Labute approximate surface area is 110 Å². The van der Waals surface area contributed by atoms with Crippen LogP contribution in [0.5, 0.6) is 0 Å². The fourth-order valence-electron chi connectivity index (χ4n) is 1.98. The molecule has 3 N–H and O–H groups in total. The first-order chi connectivity index (χ1) is 8.61. The molecule has 5 heteroatoms. The predicted molar refractivity (Wildman–Crippen MR) is 71.8 cm³/mol. The van der Waals surface area contributed by atoms with E-state index in [9.17, 15) is 4.39 Å². The molecule has 0 bridgehead atoms. The summed E-state index contributed by atoms with van der Waals surface area (Å²) in [4.78, 5) is 5.35. The Hall–Kier alpha value is -1.30. The number of hydrazine groups is 1. The van der Waals surface area contributed by atoms with Gasteiger partial charge in [-0.05, 0) is 43.5 Å². The first kappa shape index (κ1) is 13.1. The van der Waals surface area contributed by atoms with Crippen LogP contribution in [0.2, 0.25) is 0 Å². The Morgan fingerprint density at radius 3 is 2.78 bits per heavy atom. The minimum Gasteiger partial charge on any atom is -0.271 e. The molecule has 0 radical (unpaired) electrons. The number of thiazole rings is 1. The van der Waals surface area contributed by atoms with Crippen molar-refractivity contribution in [2.45, 2.75) is 26.3 Å². The number of nitrogens with zero attached hydrogens (tertiary/aromatic N) is 1. The zero-order valence-electron chi connectivity index (χ0n) is 10.4. The fraction of sp³-hybridized carbons (Fsp3) is 0.308. The first-order valence-corrected chi connectivity index (χ1v) is 6.61. The van der Waals surface area contributed by atoms with Crippen LogP contribution in [-0.2, 0) is 6.42 Å². The number of aromatic nitrogens is 1. The number of hydrogen-bond donors (Lipinski definition) is 2. The molecule has 2 aromatic rings. The molecule has 1 aromatic carbocycles. The summed E-state index contributed by atoms with van der Waals surface area (Å²) in [7, 11) is 0. The molecule has 0 spiro atoms. The van der Waals surface area contributed by atoms with Gasteiger partial charge in [-0.25, -0.2) is 9.37 Å². The van der Waals surface area contributed by atoms with Crippen LogP contribution in [-0.4, -0.2) is 4.98 Å². The highest BCUT2D eigenvalue weighted by molar-refractivity contribution is 7.09. The van der Waals surface area contributed by atoms with Crippen molar-refractivity contribution in [3.63, 3.8) is 0 Å². The monoisotopic (exact) mass is 265 g/mol. The summed E-state index contributed by atoms with van der Waals surface area (Å²) < 4.78 is 13.1. The zero-order valence-corrected chi connectivity index (χ0v) is 11.2. The zero-order chi connectivity index (χ0) is 13.1. The van der Waals surface area contributed by atoms with Gasteiger partial charge in [0, 0.05) is 4.88 Å². The van der Waals surface area contributed by atoms with Crippen LogP contribution in [0.3, 0.4) is 0 Å². The lowest BCUT2D eigenvalue weighted by atomic mass is 10.00. The molecule has 18 heavy (non-hydrogen) atoms. The molecule has 0 aliphatic heterocycles. The summed E-state index contributed by atoms with van der Waals surface area (Å²) in [5.74, 6) is 5.41. The Morgan fingerprint density at radius 2 is 2.22 bits per heavy atom. The summed E-state index contributed by atoms with van der Waals surface area (Å²) in [6.45, 7) is 3.87. The smallest absolute Gasteiger partial charge is 0.123 e. The van der Waals surface area contributed by atoms with Crippen LogP contribution in [0.15, 0.2) is 23.7 Å². The topological polar surface area (TPSA) is 50.9 Å². The van der Waals surface area contributed by atoms with Crippen LogP contribution in [0.1, 0.15) is 27.7 Å². The number of nitrogens with one attached hydrogen (secondary N) is 1. The maximum Gasteiger partial charge on any atom is 0.123 e. The highest BCUT2D eigenvalue weighted by atomic mass is 32.1. The summed E-state index contributed by atoms with van der Waals surface area (Å²) in [6.07, 6.45) is 0.728. The van der Waals surface area contributed by atoms with Gasteiger partial charge in [0.25, 0.3) is 0 Å². The standard InChI is InChI=1S/C13H16FN3S/c1-8-5-11(14)4-3-10(8)6-12(17-15)13-9(2)16-7-18-13/h3-5,7,12,17H,6,15H2,1-2H3. The molecule has 1 aromatic heterocycles. The van der Waals surface area contributed by atoms with Gasteiger partial charge in [-0.3, -0.25) is 11.3 Å². The highest BCUT2D eigenvalue weighted by Crippen LogP contribution is 2.25. The van der Waals surface area contributed by atoms with E-state index in [1.54, 1.807) is 17.4 Å². The maximum atomic E-state index is 13.1. The van der Waals surface area contributed by atoms with Crippen molar-refractivity contribution in [3.8, 4) is 0 Å². The molecule has 0 saturated heterocycles. The van der Waals surface area contributed by atoms with Gasteiger partial charge in [-0.2, -0.15) is 0 Å². The number of aryl methyl sites for hydroxylation is 2.